The van der Waals surface area contributed by atoms with Gasteiger partial charge in [0.1, 0.15) is 0 Å². The van der Waals surface area contributed by atoms with Gasteiger partial charge in [0, 0.05) is 12.4 Å². The molecule has 2 nitrogen and oxygen atoms in total. The summed E-state index contributed by atoms with van der Waals surface area (Å²) in [4.78, 5) is 0. The Kier molecular flexibility index (Phi) is 1.90. The number of nitrogens with zero attached hydrogens (tertiary/aromatic N) is 2. The predicted molar refractivity (Wildman–Crippen MR) is 50.2 cm³/mol. The lowest BCUT2D eigenvalue weighted by atomic mass is 10.2. The molecule has 1 aromatic rings. The topological polar surface area (TPSA) is 17.3 Å². The molecule has 0 spiro atoms. The molecule has 0 radical (unpaired) electrons. The molecule has 12 heavy (non-hydrogen) atoms. The third-order valence-corrected chi connectivity index (χ3v) is 1.67. The smallest absolute Gasteiger partial charge is 0.0833 e. The van der Waals surface area contributed by atoms with Crippen LogP contribution in [0.5, 0.6) is 0 Å². The number of aromatic nitrogens is 1. The van der Waals surface area contributed by atoms with E-state index >= 15 is 0 Å². The number of allylic oxidation sites excluding steroid dienone is 4. The van der Waals surface area contributed by atoms with Gasteiger partial charge in [-0.15, -0.1) is 0 Å². The van der Waals surface area contributed by atoms with Gasteiger partial charge in [-0.25, -0.2) is 4.68 Å². The Morgan fingerprint density at radius 1 is 1.08 bits per heavy atom. The highest BCUT2D eigenvalue weighted by Gasteiger charge is 1.92. The van der Waals surface area contributed by atoms with Crippen molar-refractivity contribution >= 4 is 5.71 Å². The van der Waals surface area contributed by atoms with Crippen LogP contribution in [-0.4, -0.2) is 10.4 Å². The summed E-state index contributed by atoms with van der Waals surface area (Å²) < 4.78 is 1.80. The molecule has 1 heterocycles. The van der Waals surface area contributed by atoms with Gasteiger partial charge in [0.25, 0.3) is 0 Å². The largest absolute Gasteiger partial charge is 0.248 e. The van der Waals surface area contributed by atoms with Crippen LogP contribution in [0.2, 0.25) is 0 Å². The number of hydrogen-bond donors (Lipinski definition) is 0. The van der Waals surface area contributed by atoms with Crippen LogP contribution >= 0.6 is 0 Å². The lowest BCUT2D eigenvalue weighted by molar-refractivity contribution is 0.890. The minimum Gasteiger partial charge on any atom is -0.248 e. The summed E-state index contributed by atoms with van der Waals surface area (Å²) >= 11 is 0. The van der Waals surface area contributed by atoms with Crippen molar-refractivity contribution in [1.29, 1.82) is 0 Å². The third kappa shape index (κ3) is 1.53. The molecular weight excluding hydrogens is 148 g/mol. The van der Waals surface area contributed by atoms with Crippen LogP contribution in [-0.2, 0) is 0 Å². The zero-order valence-corrected chi connectivity index (χ0v) is 6.72. The maximum atomic E-state index is 4.34. The molecule has 2 heteroatoms. The molecule has 1 aliphatic rings. The molecule has 0 fully saturated rings. The third-order valence-electron chi connectivity index (χ3n) is 1.67. The summed E-state index contributed by atoms with van der Waals surface area (Å²) in [6, 6.07) is 3.92. The first-order valence-electron chi connectivity index (χ1n) is 4.00. The first-order valence-corrected chi connectivity index (χ1v) is 4.00. The second kappa shape index (κ2) is 3.22. The summed E-state index contributed by atoms with van der Waals surface area (Å²) in [6.07, 6.45) is 13.1. The van der Waals surface area contributed by atoms with Crippen LogP contribution < -0.4 is 0 Å². The first kappa shape index (κ1) is 7.10. The van der Waals surface area contributed by atoms with Gasteiger partial charge in [-0.2, -0.15) is 5.10 Å². The van der Waals surface area contributed by atoms with Crippen LogP contribution in [0.1, 0.15) is 6.42 Å². The van der Waals surface area contributed by atoms with Crippen molar-refractivity contribution < 1.29 is 0 Å². The van der Waals surface area contributed by atoms with E-state index in [0.29, 0.717) is 0 Å². The zero-order valence-electron chi connectivity index (χ0n) is 6.72. The Morgan fingerprint density at radius 3 is 2.42 bits per heavy atom. The lowest BCUT2D eigenvalue weighted by Gasteiger charge is -1.98. The molecule has 0 bridgehead atoms. The molecule has 0 saturated carbocycles. The molecule has 1 aromatic heterocycles. The van der Waals surface area contributed by atoms with Gasteiger partial charge >= 0.3 is 0 Å². The fraction of sp³-hybridized carbons (Fsp3) is 0.100. The maximum Gasteiger partial charge on any atom is 0.0833 e. The van der Waals surface area contributed by atoms with E-state index in [1.807, 2.05) is 36.7 Å². The van der Waals surface area contributed by atoms with Crippen LogP contribution in [0.25, 0.3) is 0 Å². The van der Waals surface area contributed by atoms with Crippen molar-refractivity contribution in [1.82, 2.24) is 4.68 Å². The highest BCUT2D eigenvalue weighted by Crippen LogP contribution is 1.99. The maximum absolute atomic E-state index is 4.34. The van der Waals surface area contributed by atoms with Gasteiger partial charge in [-0.1, -0.05) is 12.2 Å². The van der Waals surface area contributed by atoms with Gasteiger partial charge in [0.05, 0.1) is 5.71 Å². The lowest BCUT2D eigenvalue weighted by Crippen LogP contribution is -1.95. The quantitative estimate of drug-likeness (QED) is 0.596. The molecule has 2 rings (SSSR count). The Balaban J connectivity index is 2.23. The van der Waals surface area contributed by atoms with Crippen molar-refractivity contribution in [2.75, 3.05) is 0 Å². The minimum atomic E-state index is 0.998. The molecular formula is C10H10N2. The van der Waals surface area contributed by atoms with Gasteiger partial charge in [0.2, 0.25) is 0 Å². The van der Waals surface area contributed by atoms with E-state index in [1.165, 1.54) is 0 Å². The van der Waals surface area contributed by atoms with Crippen LogP contribution in [0.4, 0.5) is 0 Å². The summed E-state index contributed by atoms with van der Waals surface area (Å²) in [5, 5.41) is 4.34. The van der Waals surface area contributed by atoms with E-state index in [0.717, 1.165) is 12.1 Å². The fourth-order valence-electron chi connectivity index (χ4n) is 1.10. The number of hydrogen-bond acceptors (Lipinski definition) is 1. The summed E-state index contributed by atoms with van der Waals surface area (Å²) in [7, 11) is 0. The van der Waals surface area contributed by atoms with Gasteiger partial charge in [0.15, 0.2) is 0 Å². The van der Waals surface area contributed by atoms with E-state index in [1.54, 1.807) is 4.68 Å². The zero-order chi connectivity index (χ0) is 8.23. The monoisotopic (exact) mass is 158 g/mol. The van der Waals surface area contributed by atoms with E-state index in [4.69, 9.17) is 0 Å². The summed E-state index contributed by atoms with van der Waals surface area (Å²) in [5.74, 6) is 0. The first-order chi connectivity index (χ1) is 5.95. The minimum absolute atomic E-state index is 0.998. The molecule has 60 valence electrons. The molecule has 0 saturated heterocycles. The Morgan fingerprint density at radius 2 is 1.75 bits per heavy atom. The van der Waals surface area contributed by atoms with Gasteiger partial charge in [-0.3, -0.25) is 0 Å². The highest BCUT2D eigenvalue weighted by molar-refractivity contribution is 6.04. The van der Waals surface area contributed by atoms with E-state index in [2.05, 4.69) is 17.3 Å². The van der Waals surface area contributed by atoms with Gasteiger partial charge in [-0.05, 0) is 30.7 Å². The standard InChI is InChI=1S/C10H10N2/c1-2-6-10(7-3-1)11-12-8-4-5-9-12/h2-9H,1H2. The summed E-state index contributed by atoms with van der Waals surface area (Å²) in [5.41, 5.74) is 0.998. The molecule has 0 N–H and O–H groups in total. The Hall–Kier alpha value is -1.57. The van der Waals surface area contributed by atoms with Crippen LogP contribution in [0, 0.1) is 0 Å². The van der Waals surface area contributed by atoms with E-state index in [9.17, 15) is 0 Å². The van der Waals surface area contributed by atoms with Crippen molar-refractivity contribution in [2.45, 2.75) is 6.42 Å². The van der Waals surface area contributed by atoms with Crippen LogP contribution in [0.15, 0.2) is 53.9 Å². The van der Waals surface area contributed by atoms with Gasteiger partial charge < -0.3 is 0 Å². The van der Waals surface area contributed by atoms with E-state index < -0.39 is 0 Å². The van der Waals surface area contributed by atoms with Crippen molar-refractivity contribution in [3.63, 3.8) is 0 Å². The Labute approximate surface area is 71.5 Å². The highest BCUT2D eigenvalue weighted by atomic mass is 15.3. The second-order valence-corrected chi connectivity index (χ2v) is 2.63. The molecule has 0 amide bonds. The molecule has 1 aliphatic carbocycles. The molecule has 0 unspecified atom stereocenters. The van der Waals surface area contributed by atoms with E-state index in [-0.39, 0.29) is 0 Å². The second-order valence-electron chi connectivity index (χ2n) is 2.63. The molecule has 0 aromatic carbocycles. The molecule has 0 atom stereocenters. The average molecular weight is 158 g/mol. The van der Waals surface area contributed by atoms with Crippen molar-refractivity contribution in [3.8, 4) is 0 Å². The Bertz CT molecular complexity index is 315. The fourth-order valence-corrected chi connectivity index (χ4v) is 1.10. The average Bonchev–Trinajstić information content (AvgIpc) is 2.59. The van der Waals surface area contributed by atoms with Crippen LogP contribution in [0.3, 0.4) is 0 Å². The van der Waals surface area contributed by atoms with Crippen molar-refractivity contribution in [2.24, 2.45) is 5.10 Å². The summed E-state index contributed by atoms with van der Waals surface area (Å²) in [6.45, 7) is 0. The molecule has 0 aliphatic heterocycles. The van der Waals surface area contributed by atoms with Crippen molar-refractivity contribution in [3.05, 3.63) is 48.8 Å². The normalized spacial score (nSPS) is 15.2. The SMILES string of the molecule is C1=CC(=Nn2cccc2)C=CC1. The number of rotatable bonds is 1. The predicted octanol–water partition coefficient (Wildman–Crippen LogP) is 2.21.